The van der Waals surface area contributed by atoms with Gasteiger partial charge in [0.15, 0.2) is 9.84 Å². The summed E-state index contributed by atoms with van der Waals surface area (Å²) in [6.07, 6.45) is -0.236. The van der Waals surface area contributed by atoms with Gasteiger partial charge < -0.3 is 10.1 Å². The average molecular weight is 239 g/mol. The highest BCUT2D eigenvalue weighted by Crippen LogP contribution is 2.35. The molecule has 0 aromatic heterocycles. The third kappa shape index (κ3) is 1.55. The Morgan fingerprint density at radius 1 is 1.38 bits per heavy atom. The Bertz CT molecular complexity index is 538. The van der Waals surface area contributed by atoms with Crippen molar-refractivity contribution in [2.75, 3.05) is 16.8 Å². The van der Waals surface area contributed by atoms with Gasteiger partial charge in [-0.15, -0.1) is 0 Å². The van der Waals surface area contributed by atoms with Crippen molar-refractivity contribution < 1.29 is 13.2 Å². The quantitative estimate of drug-likeness (QED) is 0.733. The lowest BCUT2D eigenvalue weighted by molar-refractivity contribution is 0.206. The summed E-state index contributed by atoms with van der Waals surface area (Å²) in [5, 5.41) is 3.25. The van der Waals surface area contributed by atoms with Crippen LogP contribution in [0, 0.1) is 6.92 Å². The molecular formula is C11H13NO3S. The van der Waals surface area contributed by atoms with Crippen molar-refractivity contribution in [3.8, 4) is 5.75 Å². The van der Waals surface area contributed by atoms with E-state index in [0.29, 0.717) is 0 Å². The van der Waals surface area contributed by atoms with E-state index >= 15 is 0 Å². The number of nitrogens with one attached hydrogen (secondary N) is 1. The first-order valence-corrected chi connectivity index (χ1v) is 7.10. The standard InChI is InChI=1S/C11H13NO3S/c1-7-2-3-10-8(4-7)12-9-5-16(13,14)6-11(9)15-10/h2-4,9,11-12H,5-6H2,1H3. The number of ether oxygens (including phenoxy) is 1. The Kier molecular flexibility index (Phi) is 1.95. The second-order valence-corrected chi connectivity index (χ2v) is 6.64. The van der Waals surface area contributed by atoms with E-state index < -0.39 is 9.84 Å². The molecule has 5 heteroatoms. The average Bonchev–Trinajstić information content (AvgIpc) is 2.47. The molecule has 2 aliphatic heterocycles. The van der Waals surface area contributed by atoms with Crippen molar-refractivity contribution in [2.24, 2.45) is 0 Å². The van der Waals surface area contributed by atoms with Crippen LogP contribution in [0.15, 0.2) is 18.2 Å². The van der Waals surface area contributed by atoms with Gasteiger partial charge in [-0.2, -0.15) is 0 Å². The lowest BCUT2D eigenvalue weighted by Gasteiger charge is -2.29. The van der Waals surface area contributed by atoms with Crippen LogP contribution in [0.3, 0.4) is 0 Å². The van der Waals surface area contributed by atoms with E-state index in [-0.39, 0.29) is 23.7 Å². The highest BCUT2D eigenvalue weighted by Gasteiger charge is 2.42. The van der Waals surface area contributed by atoms with Crippen LogP contribution in [0.1, 0.15) is 5.56 Å². The van der Waals surface area contributed by atoms with Crippen LogP contribution in [-0.4, -0.2) is 32.1 Å². The second kappa shape index (κ2) is 3.13. The first kappa shape index (κ1) is 9.96. The molecule has 2 heterocycles. The van der Waals surface area contributed by atoms with Gasteiger partial charge in [0.05, 0.1) is 23.2 Å². The molecule has 2 aliphatic rings. The van der Waals surface area contributed by atoms with Crippen molar-refractivity contribution in [1.29, 1.82) is 0 Å². The van der Waals surface area contributed by atoms with Crippen LogP contribution in [0.5, 0.6) is 5.75 Å². The van der Waals surface area contributed by atoms with E-state index in [1.807, 2.05) is 25.1 Å². The molecule has 1 aromatic carbocycles. The first-order valence-electron chi connectivity index (χ1n) is 5.28. The van der Waals surface area contributed by atoms with Crippen molar-refractivity contribution in [1.82, 2.24) is 0 Å². The fourth-order valence-electron chi connectivity index (χ4n) is 2.29. The van der Waals surface area contributed by atoms with Crippen molar-refractivity contribution in [2.45, 2.75) is 19.1 Å². The molecule has 1 N–H and O–H groups in total. The van der Waals surface area contributed by atoms with Gasteiger partial charge in [-0.1, -0.05) is 6.07 Å². The fraction of sp³-hybridized carbons (Fsp3) is 0.455. The molecule has 0 saturated carbocycles. The zero-order chi connectivity index (χ0) is 11.3. The zero-order valence-electron chi connectivity index (χ0n) is 8.93. The molecule has 86 valence electrons. The van der Waals surface area contributed by atoms with Gasteiger partial charge in [0.25, 0.3) is 0 Å². The molecule has 0 radical (unpaired) electrons. The maximum absolute atomic E-state index is 11.5. The summed E-state index contributed by atoms with van der Waals surface area (Å²) in [6, 6.07) is 5.74. The van der Waals surface area contributed by atoms with Gasteiger partial charge in [0, 0.05) is 0 Å². The molecule has 1 fully saturated rings. The van der Waals surface area contributed by atoms with Gasteiger partial charge in [-0.05, 0) is 24.6 Å². The van der Waals surface area contributed by atoms with Crippen LogP contribution < -0.4 is 10.1 Å². The first-order chi connectivity index (χ1) is 7.53. The van der Waals surface area contributed by atoms with Crippen LogP contribution in [0.2, 0.25) is 0 Å². The molecule has 4 nitrogen and oxygen atoms in total. The highest BCUT2D eigenvalue weighted by atomic mass is 32.2. The normalized spacial score (nSPS) is 29.8. The van der Waals surface area contributed by atoms with Crippen LogP contribution >= 0.6 is 0 Å². The van der Waals surface area contributed by atoms with Gasteiger partial charge in [0.2, 0.25) is 0 Å². The SMILES string of the molecule is Cc1ccc2c(c1)NC1CS(=O)(=O)CC1O2. The van der Waals surface area contributed by atoms with Crippen molar-refractivity contribution in [3.63, 3.8) is 0 Å². The van der Waals surface area contributed by atoms with Crippen molar-refractivity contribution >= 4 is 15.5 Å². The Balaban J connectivity index is 1.97. The molecule has 0 amide bonds. The van der Waals surface area contributed by atoms with Crippen LogP contribution in [-0.2, 0) is 9.84 Å². The maximum atomic E-state index is 11.5. The Morgan fingerprint density at radius 2 is 2.19 bits per heavy atom. The van der Waals surface area contributed by atoms with Gasteiger partial charge in [-0.3, -0.25) is 0 Å². The molecule has 2 atom stereocenters. The number of anilines is 1. The Morgan fingerprint density at radius 3 is 3.00 bits per heavy atom. The summed E-state index contributed by atoms with van der Waals surface area (Å²) in [7, 11) is -2.94. The summed E-state index contributed by atoms with van der Waals surface area (Å²) in [5.41, 5.74) is 2.03. The smallest absolute Gasteiger partial charge is 0.156 e. The summed E-state index contributed by atoms with van der Waals surface area (Å²) in [5.74, 6) is 1.05. The lowest BCUT2D eigenvalue weighted by atomic mass is 10.1. The topological polar surface area (TPSA) is 55.4 Å². The summed E-state index contributed by atoms with van der Waals surface area (Å²) >= 11 is 0. The summed E-state index contributed by atoms with van der Waals surface area (Å²) in [6.45, 7) is 2.00. The molecule has 0 spiro atoms. The second-order valence-electron chi connectivity index (χ2n) is 4.48. The molecule has 16 heavy (non-hydrogen) atoms. The monoisotopic (exact) mass is 239 g/mol. The molecule has 0 aliphatic carbocycles. The third-order valence-corrected chi connectivity index (χ3v) is 4.76. The summed E-state index contributed by atoms with van der Waals surface area (Å²) in [4.78, 5) is 0. The molecule has 1 aromatic rings. The summed E-state index contributed by atoms with van der Waals surface area (Å²) < 4.78 is 28.7. The number of hydrogen-bond donors (Lipinski definition) is 1. The third-order valence-electron chi connectivity index (χ3n) is 3.05. The maximum Gasteiger partial charge on any atom is 0.156 e. The van der Waals surface area contributed by atoms with Crippen LogP contribution in [0.25, 0.3) is 0 Å². The molecular weight excluding hydrogens is 226 g/mol. The number of rotatable bonds is 0. The van der Waals surface area contributed by atoms with Gasteiger partial charge >= 0.3 is 0 Å². The van der Waals surface area contributed by atoms with Crippen molar-refractivity contribution in [3.05, 3.63) is 23.8 Å². The number of benzene rings is 1. The number of hydrogen-bond acceptors (Lipinski definition) is 4. The highest BCUT2D eigenvalue weighted by molar-refractivity contribution is 7.91. The van der Waals surface area contributed by atoms with Gasteiger partial charge in [0.1, 0.15) is 11.9 Å². The zero-order valence-corrected chi connectivity index (χ0v) is 9.75. The number of aryl methyl sites for hydroxylation is 1. The minimum absolute atomic E-state index is 0.0979. The minimum atomic E-state index is -2.94. The lowest BCUT2D eigenvalue weighted by Crippen LogP contribution is -2.40. The fourth-order valence-corrected chi connectivity index (χ4v) is 4.07. The number of fused-ring (bicyclic) bond motifs is 2. The molecule has 3 rings (SSSR count). The number of sulfone groups is 1. The molecule has 2 unspecified atom stereocenters. The van der Waals surface area contributed by atoms with E-state index in [9.17, 15) is 8.42 Å². The predicted octanol–water partition coefficient (Wildman–Crippen LogP) is 0.965. The van der Waals surface area contributed by atoms with E-state index in [0.717, 1.165) is 17.0 Å². The van der Waals surface area contributed by atoms with E-state index in [1.165, 1.54) is 0 Å². The molecule has 1 saturated heterocycles. The van der Waals surface area contributed by atoms with Gasteiger partial charge in [-0.25, -0.2) is 8.42 Å². The van der Waals surface area contributed by atoms with E-state index in [1.54, 1.807) is 0 Å². The predicted molar refractivity (Wildman–Crippen MR) is 61.7 cm³/mol. The minimum Gasteiger partial charge on any atom is -0.485 e. The van der Waals surface area contributed by atoms with E-state index in [4.69, 9.17) is 4.74 Å². The largest absolute Gasteiger partial charge is 0.485 e. The Hall–Kier alpha value is -1.23. The van der Waals surface area contributed by atoms with E-state index in [2.05, 4.69) is 5.32 Å². The molecule has 0 bridgehead atoms. The Labute approximate surface area is 94.5 Å². The van der Waals surface area contributed by atoms with Crippen LogP contribution in [0.4, 0.5) is 5.69 Å².